The minimum Gasteiger partial charge on any atom is -0.324 e. The maximum Gasteiger partial charge on any atom is 0.176 e. The van der Waals surface area contributed by atoms with Crippen LogP contribution in [-0.2, 0) is 0 Å². The SMILES string of the molecule is Cc1cnn(-c2ccc(C(=O)CN)cc2)c1. The highest BCUT2D eigenvalue weighted by Gasteiger charge is 2.03. The van der Waals surface area contributed by atoms with Crippen molar-refractivity contribution in [3.8, 4) is 5.69 Å². The molecule has 0 amide bonds. The molecule has 4 heteroatoms. The van der Waals surface area contributed by atoms with Gasteiger partial charge in [0.2, 0.25) is 0 Å². The number of Topliss-reactive ketones (excluding diaryl/α,β-unsaturated/α-hetero) is 1. The van der Waals surface area contributed by atoms with E-state index < -0.39 is 0 Å². The van der Waals surface area contributed by atoms with Crippen LogP contribution in [0.4, 0.5) is 0 Å². The molecule has 1 heterocycles. The number of rotatable bonds is 3. The van der Waals surface area contributed by atoms with Gasteiger partial charge in [-0.2, -0.15) is 5.10 Å². The van der Waals surface area contributed by atoms with Gasteiger partial charge in [0, 0.05) is 11.8 Å². The van der Waals surface area contributed by atoms with Crippen molar-refractivity contribution in [2.45, 2.75) is 6.92 Å². The second kappa shape index (κ2) is 4.28. The molecule has 0 atom stereocenters. The number of aryl methyl sites for hydroxylation is 1. The number of nitrogens with two attached hydrogens (primary N) is 1. The molecule has 0 saturated carbocycles. The molecular weight excluding hydrogens is 202 g/mol. The van der Waals surface area contributed by atoms with Crippen molar-refractivity contribution >= 4 is 5.78 Å². The van der Waals surface area contributed by atoms with E-state index in [4.69, 9.17) is 5.73 Å². The van der Waals surface area contributed by atoms with Crippen LogP contribution in [0.5, 0.6) is 0 Å². The Morgan fingerprint density at radius 2 is 2.06 bits per heavy atom. The van der Waals surface area contributed by atoms with E-state index in [9.17, 15) is 4.79 Å². The summed E-state index contributed by atoms with van der Waals surface area (Å²) in [6.07, 6.45) is 3.72. The van der Waals surface area contributed by atoms with Crippen molar-refractivity contribution in [1.82, 2.24) is 9.78 Å². The lowest BCUT2D eigenvalue weighted by Crippen LogP contribution is -2.13. The highest BCUT2D eigenvalue weighted by molar-refractivity contribution is 5.97. The molecule has 2 aromatic rings. The van der Waals surface area contributed by atoms with Gasteiger partial charge in [-0.05, 0) is 36.8 Å². The van der Waals surface area contributed by atoms with Crippen LogP contribution in [0.3, 0.4) is 0 Å². The second-order valence-corrected chi connectivity index (χ2v) is 3.64. The van der Waals surface area contributed by atoms with Gasteiger partial charge in [-0.15, -0.1) is 0 Å². The summed E-state index contributed by atoms with van der Waals surface area (Å²) in [5, 5.41) is 4.19. The molecule has 2 N–H and O–H groups in total. The fourth-order valence-electron chi connectivity index (χ4n) is 1.47. The Morgan fingerprint density at radius 3 is 2.56 bits per heavy atom. The zero-order valence-electron chi connectivity index (χ0n) is 9.05. The molecule has 82 valence electrons. The molecule has 0 fully saturated rings. The third kappa shape index (κ3) is 2.01. The number of carbonyl (C=O) groups is 1. The first kappa shape index (κ1) is 10.6. The van der Waals surface area contributed by atoms with Crippen LogP contribution in [0.25, 0.3) is 5.69 Å². The molecule has 0 bridgehead atoms. The number of hydrogen-bond donors (Lipinski definition) is 1. The Hall–Kier alpha value is -1.94. The van der Waals surface area contributed by atoms with E-state index in [0.29, 0.717) is 5.56 Å². The summed E-state index contributed by atoms with van der Waals surface area (Å²) < 4.78 is 1.77. The zero-order valence-corrected chi connectivity index (χ0v) is 9.05. The fraction of sp³-hybridized carbons (Fsp3) is 0.167. The number of ketones is 1. The van der Waals surface area contributed by atoms with Crippen molar-refractivity contribution in [3.05, 3.63) is 47.8 Å². The Kier molecular flexibility index (Phi) is 2.83. The lowest BCUT2D eigenvalue weighted by molar-refractivity contribution is 0.100. The van der Waals surface area contributed by atoms with E-state index in [0.717, 1.165) is 11.3 Å². The largest absolute Gasteiger partial charge is 0.324 e. The van der Waals surface area contributed by atoms with Gasteiger partial charge in [0.25, 0.3) is 0 Å². The fourth-order valence-corrected chi connectivity index (χ4v) is 1.47. The third-order valence-electron chi connectivity index (χ3n) is 2.35. The quantitative estimate of drug-likeness (QED) is 0.785. The van der Waals surface area contributed by atoms with E-state index in [1.54, 1.807) is 23.0 Å². The van der Waals surface area contributed by atoms with E-state index >= 15 is 0 Å². The standard InChI is InChI=1S/C12H13N3O/c1-9-7-14-15(8-9)11-4-2-10(3-5-11)12(16)6-13/h2-5,7-8H,6,13H2,1H3. The highest BCUT2D eigenvalue weighted by atomic mass is 16.1. The van der Waals surface area contributed by atoms with Crippen molar-refractivity contribution in [2.75, 3.05) is 6.54 Å². The minimum absolute atomic E-state index is 0.0419. The van der Waals surface area contributed by atoms with Crippen LogP contribution in [-0.4, -0.2) is 22.1 Å². The lowest BCUT2D eigenvalue weighted by atomic mass is 10.1. The summed E-state index contributed by atoms with van der Waals surface area (Å²) in [5.74, 6) is -0.0526. The van der Waals surface area contributed by atoms with Crippen molar-refractivity contribution < 1.29 is 4.79 Å². The average Bonchev–Trinajstić information content (AvgIpc) is 2.75. The van der Waals surface area contributed by atoms with Gasteiger partial charge in [0.05, 0.1) is 18.4 Å². The van der Waals surface area contributed by atoms with E-state index in [2.05, 4.69) is 5.10 Å². The number of carbonyl (C=O) groups excluding carboxylic acids is 1. The second-order valence-electron chi connectivity index (χ2n) is 3.64. The van der Waals surface area contributed by atoms with Gasteiger partial charge in [-0.25, -0.2) is 4.68 Å². The molecule has 1 aromatic heterocycles. The molecule has 0 spiro atoms. The van der Waals surface area contributed by atoms with Crippen molar-refractivity contribution in [3.63, 3.8) is 0 Å². The minimum atomic E-state index is -0.0526. The molecule has 4 nitrogen and oxygen atoms in total. The van der Waals surface area contributed by atoms with Crippen LogP contribution in [0, 0.1) is 6.92 Å². The Morgan fingerprint density at radius 1 is 1.38 bits per heavy atom. The Balaban J connectivity index is 2.29. The molecular formula is C12H13N3O. The van der Waals surface area contributed by atoms with Crippen molar-refractivity contribution in [1.29, 1.82) is 0 Å². The lowest BCUT2D eigenvalue weighted by Gasteiger charge is -2.02. The Bertz CT molecular complexity index is 499. The molecule has 16 heavy (non-hydrogen) atoms. The predicted octanol–water partition coefficient (Wildman–Crippen LogP) is 1.32. The highest BCUT2D eigenvalue weighted by Crippen LogP contribution is 2.10. The molecule has 2 rings (SSSR count). The first-order valence-electron chi connectivity index (χ1n) is 5.05. The number of benzene rings is 1. The number of aromatic nitrogens is 2. The van der Waals surface area contributed by atoms with E-state index in [1.165, 1.54) is 0 Å². The smallest absolute Gasteiger partial charge is 0.176 e. The third-order valence-corrected chi connectivity index (χ3v) is 2.35. The summed E-state index contributed by atoms with van der Waals surface area (Å²) in [6, 6.07) is 7.24. The van der Waals surface area contributed by atoms with Crippen LogP contribution < -0.4 is 5.73 Å². The molecule has 0 saturated heterocycles. The normalized spacial score (nSPS) is 10.4. The molecule has 0 radical (unpaired) electrons. The van der Waals surface area contributed by atoms with Crippen LogP contribution in [0.2, 0.25) is 0 Å². The summed E-state index contributed by atoms with van der Waals surface area (Å²) >= 11 is 0. The average molecular weight is 215 g/mol. The van der Waals surface area contributed by atoms with Crippen LogP contribution in [0.15, 0.2) is 36.7 Å². The first-order valence-corrected chi connectivity index (χ1v) is 5.05. The summed E-state index contributed by atoms with van der Waals surface area (Å²) in [6.45, 7) is 2.02. The van der Waals surface area contributed by atoms with Gasteiger partial charge in [0.1, 0.15) is 0 Å². The van der Waals surface area contributed by atoms with Crippen LogP contribution >= 0.6 is 0 Å². The molecule has 1 aromatic carbocycles. The van der Waals surface area contributed by atoms with Gasteiger partial charge in [-0.1, -0.05) is 0 Å². The van der Waals surface area contributed by atoms with Gasteiger partial charge < -0.3 is 5.73 Å². The number of hydrogen-bond acceptors (Lipinski definition) is 3. The molecule has 0 aliphatic heterocycles. The predicted molar refractivity (Wildman–Crippen MR) is 61.7 cm³/mol. The van der Waals surface area contributed by atoms with Gasteiger partial charge in [0.15, 0.2) is 5.78 Å². The van der Waals surface area contributed by atoms with Crippen molar-refractivity contribution in [2.24, 2.45) is 5.73 Å². The van der Waals surface area contributed by atoms with Gasteiger partial charge in [-0.3, -0.25) is 4.79 Å². The van der Waals surface area contributed by atoms with Gasteiger partial charge >= 0.3 is 0 Å². The first-order chi connectivity index (χ1) is 7.70. The van der Waals surface area contributed by atoms with E-state index in [1.807, 2.05) is 25.3 Å². The van der Waals surface area contributed by atoms with Crippen LogP contribution in [0.1, 0.15) is 15.9 Å². The summed E-state index contributed by atoms with van der Waals surface area (Å²) in [5.41, 5.74) is 7.96. The zero-order chi connectivity index (χ0) is 11.5. The Labute approximate surface area is 93.7 Å². The monoisotopic (exact) mass is 215 g/mol. The van der Waals surface area contributed by atoms with E-state index in [-0.39, 0.29) is 12.3 Å². The maximum absolute atomic E-state index is 11.3. The molecule has 0 aliphatic rings. The summed E-state index contributed by atoms with van der Waals surface area (Å²) in [4.78, 5) is 11.3. The molecule has 0 aliphatic carbocycles. The maximum atomic E-state index is 11.3. The topological polar surface area (TPSA) is 60.9 Å². The number of nitrogens with zero attached hydrogens (tertiary/aromatic N) is 2. The molecule has 0 unspecified atom stereocenters. The summed E-state index contributed by atoms with van der Waals surface area (Å²) in [7, 11) is 0.